The van der Waals surface area contributed by atoms with Gasteiger partial charge in [-0.3, -0.25) is 4.79 Å². The normalized spacial score (nSPS) is 11.7. The highest BCUT2D eigenvalue weighted by molar-refractivity contribution is 5.96. The Hall–Kier alpha value is -3.14. The molecule has 138 valence electrons. The Kier molecular flexibility index (Phi) is 6.21. The molecule has 0 bridgehead atoms. The second kappa shape index (κ2) is 8.99. The van der Waals surface area contributed by atoms with Crippen molar-refractivity contribution in [1.82, 2.24) is 5.32 Å². The third-order valence-corrected chi connectivity index (χ3v) is 4.44. The number of carbonyl (C=O) groups is 2. The van der Waals surface area contributed by atoms with Gasteiger partial charge in [-0.15, -0.1) is 0 Å². The van der Waals surface area contributed by atoms with Gasteiger partial charge in [-0.05, 0) is 48.2 Å². The van der Waals surface area contributed by atoms with Crippen molar-refractivity contribution >= 4 is 22.6 Å². The Balaban J connectivity index is 1.45. The quantitative estimate of drug-likeness (QED) is 0.644. The molecular weight excluding hydrogens is 338 g/mol. The van der Waals surface area contributed by atoms with Gasteiger partial charge in [0.15, 0.2) is 6.61 Å². The van der Waals surface area contributed by atoms with Crippen LogP contribution in [0.1, 0.15) is 29.3 Å². The fourth-order valence-electron chi connectivity index (χ4n) is 2.95. The highest BCUT2D eigenvalue weighted by atomic mass is 16.5. The lowest BCUT2D eigenvalue weighted by Crippen LogP contribution is -2.36. The van der Waals surface area contributed by atoms with Crippen molar-refractivity contribution in [2.24, 2.45) is 0 Å². The molecule has 0 unspecified atom stereocenters. The molecule has 1 N–H and O–H groups in total. The summed E-state index contributed by atoms with van der Waals surface area (Å²) in [5.41, 5.74) is 1.68. The van der Waals surface area contributed by atoms with Crippen LogP contribution in [0, 0.1) is 0 Å². The van der Waals surface area contributed by atoms with Crippen LogP contribution >= 0.6 is 0 Å². The van der Waals surface area contributed by atoms with Crippen LogP contribution in [0.3, 0.4) is 0 Å². The second-order valence-electron chi connectivity index (χ2n) is 6.63. The van der Waals surface area contributed by atoms with Gasteiger partial charge in [0.05, 0.1) is 5.56 Å². The van der Waals surface area contributed by atoms with Crippen LogP contribution in [0.2, 0.25) is 0 Å². The van der Waals surface area contributed by atoms with E-state index < -0.39 is 5.97 Å². The van der Waals surface area contributed by atoms with E-state index in [2.05, 4.69) is 17.4 Å². The second-order valence-corrected chi connectivity index (χ2v) is 6.63. The molecule has 4 nitrogen and oxygen atoms in total. The van der Waals surface area contributed by atoms with Gasteiger partial charge in [0.2, 0.25) is 0 Å². The number of esters is 1. The average Bonchev–Trinajstić information content (AvgIpc) is 2.71. The van der Waals surface area contributed by atoms with Crippen LogP contribution in [0.5, 0.6) is 0 Å². The largest absolute Gasteiger partial charge is 0.452 e. The van der Waals surface area contributed by atoms with Crippen molar-refractivity contribution in [3.8, 4) is 0 Å². The van der Waals surface area contributed by atoms with E-state index >= 15 is 0 Å². The monoisotopic (exact) mass is 361 g/mol. The van der Waals surface area contributed by atoms with Gasteiger partial charge in [-0.1, -0.05) is 60.7 Å². The number of carbonyl (C=O) groups excluding carboxylic acids is 2. The molecule has 0 aliphatic rings. The average molecular weight is 361 g/mol. The van der Waals surface area contributed by atoms with Crippen LogP contribution < -0.4 is 5.32 Å². The molecule has 0 fully saturated rings. The summed E-state index contributed by atoms with van der Waals surface area (Å²) in [6.45, 7) is 1.67. The first kappa shape index (κ1) is 18.6. The zero-order chi connectivity index (χ0) is 19.1. The van der Waals surface area contributed by atoms with Crippen molar-refractivity contribution in [2.45, 2.75) is 25.8 Å². The molecule has 4 heteroatoms. The smallest absolute Gasteiger partial charge is 0.338 e. The van der Waals surface area contributed by atoms with Gasteiger partial charge in [-0.2, -0.15) is 0 Å². The lowest BCUT2D eigenvalue weighted by atomic mass is 10.1. The molecule has 3 aromatic rings. The summed E-state index contributed by atoms with van der Waals surface area (Å²) >= 11 is 0. The van der Waals surface area contributed by atoms with Crippen molar-refractivity contribution in [3.63, 3.8) is 0 Å². The van der Waals surface area contributed by atoms with E-state index in [4.69, 9.17) is 4.74 Å². The highest BCUT2D eigenvalue weighted by Gasteiger charge is 2.12. The number of hydrogen-bond acceptors (Lipinski definition) is 3. The van der Waals surface area contributed by atoms with E-state index in [1.807, 2.05) is 55.5 Å². The number of nitrogens with one attached hydrogen (secondary N) is 1. The fourth-order valence-corrected chi connectivity index (χ4v) is 2.95. The predicted molar refractivity (Wildman–Crippen MR) is 107 cm³/mol. The Morgan fingerprint density at radius 1 is 0.926 bits per heavy atom. The molecule has 0 saturated heterocycles. The summed E-state index contributed by atoms with van der Waals surface area (Å²) in [4.78, 5) is 24.2. The molecule has 3 rings (SSSR count). The van der Waals surface area contributed by atoms with E-state index in [0.717, 1.165) is 23.6 Å². The molecule has 27 heavy (non-hydrogen) atoms. The van der Waals surface area contributed by atoms with Crippen molar-refractivity contribution < 1.29 is 14.3 Å². The van der Waals surface area contributed by atoms with Crippen LogP contribution in [0.4, 0.5) is 0 Å². The Bertz CT molecular complexity index is 921. The van der Waals surface area contributed by atoms with Crippen molar-refractivity contribution in [1.29, 1.82) is 0 Å². The maximum Gasteiger partial charge on any atom is 0.338 e. The maximum absolute atomic E-state index is 12.2. The lowest BCUT2D eigenvalue weighted by molar-refractivity contribution is -0.124. The Morgan fingerprint density at radius 3 is 2.41 bits per heavy atom. The maximum atomic E-state index is 12.2. The molecule has 0 aliphatic heterocycles. The van der Waals surface area contributed by atoms with E-state index in [-0.39, 0.29) is 18.6 Å². The summed E-state index contributed by atoms with van der Waals surface area (Å²) in [5.74, 6) is -0.780. The number of fused-ring (bicyclic) bond motifs is 1. The number of aryl methyl sites for hydroxylation is 1. The number of amides is 1. The third-order valence-electron chi connectivity index (χ3n) is 4.44. The van der Waals surface area contributed by atoms with Crippen LogP contribution in [0.15, 0.2) is 72.8 Å². The molecule has 1 atom stereocenters. The van der Waals surface area contributed by atoms with E-state index in [1.54, 1.807) is 12.1 Å². The minimum atomic E-state index is -0.493. The molecule has 0 heterocycles. The third kappa shape index (κ3) is 5.42. The van der Waals surface area contributed by atoms with Gasteiger partial charge in [-0.25, -0.2) is 4.79 Å². The summed E-state index contributed by atoms with van der Waals surface area (Å²) in [7, 11) is 0. The van der Waals surface area contributed by atoms with Crippen molar-refractivity contribution in [2.75, 3.05) is 6.61 Å². The standard InChI is InChI=1S/C23H23NO3/c1-17(11-12-18-7-3-2-4-8-18)24-22(25)16-27-23(26)21-14-13-19-9-5-6-10-20(19)15-21/h2-10,13-15,17H,11-12,16H2,1H3,(H,24,25)/t17-/m0/s1. The fraction of sp³-hybridized carbons (Fsp3) is 0.217. The zero-order valence-corrected chi connectivity index (χ0v) is 15.4. The topological polar surface area (TPSA) is 55.4 Å². The molecule has 0 aromatic heterocycles. The number of ether oxygens (including phenoxy) is 1. The molecule has 0 saturated carbocycles. The number of rotatable bonds is 7. The lowest BCUT2D eigenvalue weighted by Gasteiger charge is -2.14. The van der Waals surface area contributed by atoms with Crippen LogP contribution in [-0.4, -0.2) is 24.5 Å². The molecule has 0 radical (unpaired) electrons. The molecule has 0 aliphatic carbocycles. The van der Waals surface area contributed by atoms with Crippen LogP contribution in [-0.2, 0) is 16.0 Å². The first-order valence-corrected chi connectivity index (χ1v) is 9.11. The van der Waals surface area contributed by atoms with E-state index in [0.29, 0.717) is 5.56 Å². The van der Waals surface area contributed by atoms with Gasteiger partial charge in [0.25, 0.3) is 5.91 Å². The number of hydrogen-bond donors (Lipinski definition) is 1. The Labute approximate surface area is 159 Å². The van der Waals surface area contributed by atoms with Gasteiger partial charge >= 0.3 is 5.97 Å². The molecule has 3 aromatic carbocycles. The van der Waals surface area contributed by atoms with Gasteiger partial charge < -0.3 is 10.1 Å². The SMILES string of the molecule is C[C@@H](CCc1ccccc1)NC(=O)COC(=O)c1ccc2ccccc2c1. The first-order valence-electron chi connectivity index (χ1n) is 9.11. The summed E-state index contributed by atoms with van der Waals surface area (Å²) < 4.78 is 5.15. The van der Waals surface area contributed by atoms with E-state index in [1.165, 1.54) is 5.56 Å². The highest BCUT2D eigenvalue weighted by Crippen LogP contribution is 2.16. The minimum Gasteiger partial charge on any atom is -0.452 e. The van der Waals surface area contributed by atoms with Gasteiger partial charge in [0, 0.05) is 6.04 Å². The first-order chi connectivity index (χ1) is 13.1. The molecular formula is C23H23NO3. The number of benzene rings is 3. The van der Waals surface area contributed by atoms with Crippen LogP contribution in [0.25, 0.3) is 10.8 Å². The summed E-state index contributed by atoms with van der Waals surface area (Å²) in [5, 5.41) is 4.89. The summed E-state index contributed by atoms with van der Waals surface area (Å²) in [6.07, 6.45) is 1.72. The molecule has 0 spiro atoms. The summed E-state index contributed by atoms with van der Waals surface area (Å²) in [6, 6.07) is 23.3. The molecule has 1 amide bonds. The van der Waals surface area contributed by atoms with Gasteiger partial charge in [0.1, 0.15) is 0 Å². The Morgan fingerprint density at radius 2 is 1.63 bits per heavy atom. The minimum absolute atomic E-state index is 0.0112. The zero-order valence-electron chi connectivity index (χ0n) is 15.4. The van der Waals surface area contributed by atoms with Crippen molar-refractivity contribution in [3.05, 3.63) is 83.9 Å². The predicted octanol–water partition coefficient (Wildman–Crippen LogP) is 4.13. The van der Waals surface area contributed by atoms with E-state index in [9.17, 15) is 9.59 Å².